The van der Waals surface area contributed by atoms with Gasteiger partial charge in [0.1, 0.15) is 0 Å². The van der Waals surface area contributed by atoms with Crippen LogP contribution in [0.25, 0.3) is 0 Å². The number of carbonyl (C=O) groups excluding carboxylic acids is 1. The molecule has 0 saturated carbocycles. The maximum Gasteiger partial charge on any atom is 0.187 e. The molecule has 0 heterocycles. The first-order chi connectivity index (χ1) is 5.25. The minimum Gasteiger partial charge on any atom is -0.302 e. The highest BCUT2D eigenvalue weighted by Gasteiger charge is 2.04. The monoisotopic (exact) mass is 170 g/mol. The van der Waals surface area contributed by atoms with Crippen molar-refractivity contribution < 1.29 is 13.6 Å². The molecule has 0 aromatic heterocycles. The summed E-state index contributed by atoms with van der Waals surface area (Å²) in [6, 6.07) is 6.19. The Hall–Kier alpha value is -1.00. The van der Waals surface area contributed by atoms with E-state index in [0.29, 0.717) is 6.29 Å². The summed E-state index contributed by atoms with van der Waals surface area (Å²) in [5.74, 6) is 0. The van der Waals surface area contributed by atoms with Gasteiger partial charge in [0.05, 0.1) is 4.90 Å². The van der Waals surface area contributed by atoms with Crippen molar-refractivity contribution in [2.24, 2.45) is 0 Å². The lowest BCUT2D eigenvalue weighted by Crippen LogP contribution is -1.93. The number of hydrogen-bond donors (Lipinski definition) is 1. The Morgan fingerprint density at radius 3 is 2.45 bits per heavy atom. The van der Waals surface area contributed by atoms with E-state index in [2.05, 4.69) is 0 Å². The van der Waals surface area contributed by atoms with Gasteiger partial charge in [0, 0.05) is 5.56 Å². The number of hydrogen-bond acceptors (Lipinski definition) is 2. The lowest BCUT2D eigenvalue weighted by atomic mass is 10.2. The van der Waals surface area contributed by atoms with Crippen molar-refractivity contribution in [2.75, 3.05) is 0 Å². The minimum atomic E-state index is -2.07. The standard InChI is InChI=1S/C7H6O3S/c8-5-6-3-1-2-4-7(6)11(9)10/h1-5H,(H,9,10). The first-order valence-corrected chi connectivity index (χ1v) is 4.01. The second kappa shape index (κ2) is 3.41. The molecule has 0 amide bonds. The van der Waals surface area contributed by atoms with Crippen LogP contribution < -0.4 is 0 Å². The lowest BCUT2D eigenvalue weighted by Gasteiger charge is -1.96. The van der Waals surface area contributed by atoms with E-state index < -0.39 is 11.1 Å². The topological polar surface area (TPSA) is 54.4 Å². The molecular weight excluding hydrogens is 164 g/mol. The second-order valence-electron chi connectivity index (χ2n) is 1.90. The van der Waals surface area contributed by atoms with E-state index in [0.717, 1.165) is 0 Å². The zero-order valence-corrected chi connectivity index (χ0v) is 6.38. The van der Waals surface area contributed by atoms with Gasteiger partial charge < -0.3 is 4.55 Å². The Kier molecular flexibility index (Phi) is 2.51. The average Bonchev–Trinajstić information content (AvgIpc) is 2.04. The van der Waals surface area contributed by atoms with Gasteiger partial charge in [-0.3, -0.25) is 4.79 Å². The zero-order valence-electron chi connectivity index (χ0n) is 5.56. The second-order valence-corrected chi connectivity index (χ2v) is 2.84. The van der Waals surface area contributed by atoms with Gasteiger partial charge in [-0.25, -0.2) is 4.21 Å². The summed E-state index contributed by atoms with van der Waals surface area (Å²) in [5.41, 5.74) is 0.258. The Labute approximate surface area is 66.3 Å². The maximum atomic E-state index is 10.5. The summed E-state index contributed by atoms with van der Waals surface area (Å²) >= 11 is -2.07. The first kappa shape index (κ1) is 8.10. The molecule has 0 bridgehead atoms. The van der Waals surface area contributed by atoms with E-state index >= 15 is 0 Å². The number of aldehydes is 1. The van der Waals surface area contributed by atoms with Gasteiger partial charge in [0.25, 0.3) is 0 Å². The molecule has 58 valence electrons. The van der Waals surface area contributed by atoms with Crippen LogP contribution in [0.5, 0.6) is 0 Å². The van der Waals surface area contributed by atoms with Gasteiger partial charge >= 0.3 is 0 Å². The van der Waals surface area contributed by atoms with Crippen LogP contribution in [0.15, 0.2) is 29.2 Å². The van der Waals surface area contributed by atoms with E-state index in [1.54, 1.807) is 12.1 Å². The Balaban J connectivity index is 3.22. The zero-order chi connectivity index (χ0) is 8.27. The number of carbonyl (C=O) groups is 1. The maximum absolute atomic E-state index is 10.5. The molecule has 1 unspecified atom stereocenters. The van der Waals surface area contributed by atoms with Crippen LogP contribution in [-0.4, -0.2) is 15.0 Å². The molecular formula is C7H6O3S. The van der Waals surface area contributed by atoms with Crippen LogP contribution >= 0.6 is 0 Å². The summed E-state index contributed by atoms with van der Waals surface area (Å²) in [6.07, 6.45) is 0.559. The highest BCUT2D eigenvalue weighted by molar-refractivity contribution is 7.79. The molecule has 0 aliphatic carbocycles. The van der Waals surface area contributed by atoms with E-state index in [1.807, 2.05) is 0 Å². The van der Waals surface area contributed by atoms with Gasteiger partial charge in [-0.15, -0.1) is 0 Å². The SMILES string of the molecule is O=Cc1ccccc1S(=O)O. The van der Waals surface area contributed by atoms with Crippen LogP contribution in [0.2, 0.25) is 0 Å². The molecule has 1 aromatic carbocycles. The largest absolute Gasteiger partial charge is 0.302 e. The van der Waals surface area contributed by atoms with Gasteiger partial charge in [-0.1, -0.05) is 18.2 Å². The minimum absolute atomic E-state index is 0.155. The van der Waals surface area contributed by atoms with Crippen molar-refractivity contribution in [1.29, 1.82) is 0 Å². The van der Waals surface area contributed by atoms with Crippen molar-refractivity contribution in [2.45, 2.75) is 4.90 Å². The third-order valence-electron chi connectivity index (χ3n) is 1.23. The van der Waals surface area contributed by atoms with E-state index in [1.165, 1.54) is 12.1 Å². The summed E-state index contributed by atoms with van der Waals surface area (Å²) < 4.78 is 19.2. The predicted octanol–water partition coefficient (Wildman–Crippen LogP) is 1.08. The van der Waals surface area contributed by atoms with Gasteiger partial charge in [-0.05, 0) is 6.07 Å². The normalized spacial score (nSPS) is 12.5. The molecule has 1 N–H and O–H groups in total. The first-order valence-electron chi connectivity index (χ1n) is 2.91. The summed E-state index contributed by atoms with van der Waals surface area (Å²) in [4.78, 5) is 10.4. The molecule has 0 aliphatic rings. The summed E-state index contributed by atoms with van der Waals surface area (Å²) in [7, 11) is 0. The van der Waals surface area contributed by atoms with Gasteiger partial charge in [0.2, 0.25) is 0 Å². The van der Waals surface area contributed by atoms with Crippen molar-refractivity contribution in [3.8, 4) is 0 Å². The summed E-state index contributed by atoms with van der Waals surface area (Å²) in [6.45, 7) is 0. The average molecular weight is 170 g/mol. The quantitative estimate of drug-likeness (QED) is 0.533. The van der Waals surface area contributed by atoms with Crippen molar-refractivity contribution >= 4 is 17.4 Å². The smallest absolute Gasteiger partial charge is 0.187 e. The molecule has 0 radical (unpaired) electrons. The Bertz CT molecular complexity index is 295. The number of rotatable bonds is 2. The molecule has 1 rings (SSSR count). The van der Waals surface area contributed by atoms with Crippen molar-refractivity contribution in [3.63, 3.8) is 0 Å². The molecule has 0 spiro atoms. The Morgan fingerprint density at radius 2 is 2.00 bits per heavy atom. The van der Waals surface area contributed by atoms with Gasteiger partial charge in [-0.2, -0.15) is 0 Å². The molecule has 4 heteroatoms. The van der Waals surface area contributed by atoms with Crippen LogP contribution in [0.3, 0.4) is 0 Å². The van der Waals surface area contributed by atoms with Crippen LogP contribution in [-0.2, 0) is 11.1 Å². The van der Waals surface area contributed by atoms with E-state index in [-0.39, 0.29) is 10.5 Å². The highest BCUT2D eigenvalue weighted by Crippen LogP contribution is 2.08. The molecule has 1 aromatic rings. The molecule has 11 heavy (non-hydrogen) atoms. The fourth-order valence-corrected chi connectivity index (χ4v) is 1.25. The van der Waals surface area contributed by atoms with Crippen LogP contribution in [0.1, 0.15) is 10.4 Å². The summed E-state index contributed by atoms with van der Waals surface area (Å²) in [5, 5.41) is 0. The van der Waals surface area contributed by atoms with E-state index in [4.69, 9.17) is 4.55 Å². The third-order valence-corrected chi connectivity index (χ3v) is 1.98. The lowest BCUT2D eigenvalue weighted by molar-refractivity contribution is 0.112. The van der Waals surface area contributed by atoms with Gasteiger partial charge in [0.15, 0.2) is 17.4 Å². The third kappa shape index (κ3) is 1.72. The fraction of sp³-hybridized carbons (Fsp3) is 0. The molecule has 1 atom stereocenters. The van der Waals surface area contributed by atoms with E-state index in [9.17, 15) is 9.00 Å². The Morgan fingerprint density at radius 1 is 1.36 bits per heavy atom. The fourth-order valence-electron chi connectivity index (χ4n) is 0.737. The molecule has 0 fully saturated rings. The van der Waals surface area contributed by atoms with Crippen LogP contribution in [0.4, 0.5) is 0 Å². The number of benzene rings is 1. The predicted molar refractivity (Wildman–Crippen MR) is 40.9 cm³/mol. The van der Waals surface area contributed by atoms with Crippen LogP contribution in [0, 0.1) is 0 Å². The molecule has 3 nitrogen and oxygen atoms in total. The van der Waals surface area contributed by atoms with Crippen molar-refractivity contribution in [3.05, 3.63) is 29.8 Å². The van der Waals surface area contributed by atoms with Crippen molar-refractivity contribution in [1.82, 2.24) is 0 Å². The molecule has 0 saturated heterocycles. The highest BCUT2D eigenvalue weighted by atomic mass is 32.2. The molecule has 0 aliphatic heterocycles.